The van der Waals surface area contributed by atoms with E-state index < -0.39 is 18.4 Å². The molecule has 0 N–H and O–H groups in total. The number of halogens is 2. The first-order valence-electron chi connectivity index (χ1n) is 3.48. The van der Waals surface area contributed by atoms with Crippen molar-refractivity contribution in [1.29, 1.82) is 0 Å². The molecule has 0 unspecified atom stereocenters. The Balaban J connectivity index is 2.58. The number of carbonyl (C=O) groups excluding carboxylic acids is 1. The molecule has 1 aliphatic rings. The lowest BCUT2D eigenvalue weighted by molar-refractivity contribution is -0.145. The number of hydrogen-bond acceptors (Lipinski definition) is 2. The van der Waals surface area contributed by atoms with Gasteiger partial charge in [-0.15, -0.1) is 0 Å². The molecule has 0 aliphatic heterocycles. The molecule has 0 aromatic rings. The molecule has 1 rings (SSSR count). The minimum atomic E-state index is -2.71. The third kappa shape index (κ3) is 1.96. The molecule has 0 heterocycles. The van der Waals surface area contributed by atoms with Crippen LogP contribution in [0.3, 0.4) is 0 Å². The van der Waals surface area contributed by atoms with Gasteiger partial charge in [0, 0.05) is 26.4 Å². The molecule has 1 atom stereocenters. The Bertz CT molecular complexity index is 168. The van der Waals surface area contributed by atoms with Crippen molar-refractivity contribution in [3.05, 3.63) is 0 Å². The van der Waals surface area contributed by atoms with Crippen molar-refractivity contribution in [2.45, 2.75) is 31.3 Å². The van der Waals surface area contributed by atoms with E-state index in [-0.39, 0.29) is 18.6 Å². The van der Waals surface area contributed by atoms with Crippen LogP contribution in [-0.4, -0.2) is 24.9 Å². The number of hydrogen-bond donors (Lipinski definition) is 0. The summed E-state index contributed by atoms with van der Waals surface area (Å²) in [6.45, 7) is 0. The maximum atomic E-state index is 12.6. The molecule has 1 aliphatic carbocycles. The molecule has 0 spiro atoms. The Morgan fingerprint density at radius 2 is 2.27 bits per heavy atom. The lowest BCUT2D eigenvalue weighted by Crippen LogP contribution is -2.37. The standard InChI is InChI=1S/C7H10F2O2/c1-11-6-4-7(8,9)3-2-5(6)10/h6H,2-4H2,1H3/t6-/m0/s1. The lowest BCUT2D eigenvalue weighted by atomic mass is 9.93. The zero-order valence-electron chi connectivity index (χ0n) is 6.27. The fourth-order valence-corrected chi connectivity index (χ4v) is 1.17. The second-order valence-electron chi connectivity index (χ2n) is 2.75. The summed E-state index contributed by atoms with van der Waals surface area (Å²) >= 11 is 0. The molecule has 1 fully saturated rings. The van der Waals surface area contributed by atoms with Gasteiger partial charge in [0.2, 0.25) is 0 Å². The fraction of sp³-hybridized carbons (Fsp3) is 0.857. The molecule has 64 valence electrons. The highest BCUT2D eigenvalue weighted by atomic mass is 19.3. The smallest absolute Gasteiger partial charge is 0.251 e. The first kappa shape index (κ1) is 8.59. The van der Waals surface area contributed by atoms with Gasteiger partial charge in [-0.1, -0.05) is 0 Å². The van der Waals surface area contributed by atoms with E-state index in [1.165, 1.54) is 7.11 Å². The molecule has 4 heteroatoms. The molecular weight excluding hydrogens is 154 g/mol. The Labute approximate surface area is 63.5 Å². The summed E-state index contributed by atoms with van der Waals surface area (Å²) in [5, 5.41) is 0. The van der Waals surface area contributed by atoms with Crippen molar-refractivity contribution in [2.75, 3.05) is 7.11 Å². The van der Waals surface area contributed by atoms with Crippen LogP contribution < -0.4 is 0 Å². The van der Waals surface area contributed by atoms with Crippen molar-refractivity contribution in [1.82, 2.24) is 0 Å². The predicted octanol–water partition coefficient (Wildman–Crippen LogP) is 1.39. The Morgan fingerprint density at radius 3 is 2.73 bits per heavy atom. The SMILES string of the molecule is CO[C@H]1CC(F)(F)CCC1=O. The van der Waals surface area contributed by atoms with Gasteiger partial charge in [-0.05, 0) is 0 Å². The second-order valence-corrected chi connectivity index (χ2v) is 2.75. The van der Waals surface area contributed by atoms with Crippen LogP contribution in [-0.2, 0) is 9.53 Å². The summed E-state index contributed by atoms with van der Waals surface area (Å²) in [6, 6.07) is 0. The van der Waals surface area contributed by atoms with Crippen molar-refractivity contribution in [3.8, 4) is 0 Å². The van der Waals surface area contributed by atoms with Crippen molar-refractivity contribution in [2.24, 2.45) is 0 Å². The van der Waals surface area contributed by atoms with Gasteiger partial charge in [0.1, 0.15) is 6.10 Å². The van der Waals surface area contributed by atoms with E-state index in [9.17, 15) is 13.6 Å². The van der Waals surface area contributed by atoms with Gasteiger partial charge in [0.25, 0.3) is 5.92 Å². The number of Topliss-reactive ketones (excluding diaryl/α,β-unsaturated/α-hetero) is 1. The number of rotatable bonds is 1. The van der Waals surface area contributed by atoms with Crippen LogP contribution >= 0.6 is 0 Å². The summed E-state index contributed by atoms with van der Waals surface area (Å²) < 4.78 is 29.8. The van der Waals surface area contributed by atoms with Crippen LogP contribution in [0.5, 0.6) is 0 Å². The zero-order valence-corrected chi connectivity index (χ0v) is 6.27. The number of ketones is 1. The minimum Gasteiger partial charge on any atom is -0.373 e. The highest BCUT2D eigenvalue weighted by Crippen LogP contribution is 2.32. The molecular formula is C7H10F2O2. The van der Waals surface area contributed by atoms with E-state index in [1.807, 2.05) is 0 Å². The minimum absolute atomic E-state index is 0.0640. The lowest BCUT2D eigenvalue weighted by Gasteiger charge is -2.26. The number of alkyl halides is 2. The molecule has 1 saturated carbocycles. The Hall–Kier alpha value is -0.510. The van der Waals surface area contributed by atoms with Crippen LogP contribution in [0.4, 0.5) is 8.78 Å². The van der Waals surface area contributed by atoms with Crippen LogP contribution in [0.2, 0.25) is 0 Å². The summed E-state index contributed by atoms with van der Waals surface area (Å²) in [5.74, 6) is -2.92. The average Bonchev–Trinajstić information content (AvgIpc) is 1.94. The number of carbonyl (C=O) groups is 1. The summed E-state index contributed by atoms with van der Waals surface area (Å²) in [7, 11) is 1.28. The van der Waals surface area contributed by atoms with E-state index in [0.717, 1.165) is 0 Å². The average molecular weight is 164 g/mol. The molecule has 0 radical (unpaired) electrons. The van der Waals surface area contributed by atoms with E-state index in [1.54, 1.807) is 0 Å². The Kier molecular flexibility index (Phi) is 2.23. The highest BCUT2D eigenvalue weighted by Gasteiger charge is 2.40. The van der Waals surface area contributed by atoms with Gasteiger partial charge in [0.05, 0.1) is 0 Å². The van der Waals surface area contributed by atoms with Crippen LogP contribution in [0.1, 0.15) is 19.3 Å². The van der Waals surface area contributed by atoms with Gasteiger partial charge in [-0.3, -0.25) is 4.79 Å². The number of methoxy groups -OCH3 is 1. The molecule has 11 heavy (non-hydrogen) atoms. The zero-order chi connectivity index (χ0) is 8.48. The second kappa shape index (κ2) is 2.85. The van der Waals surface area contributed by atoms with Gasteiger partial charge in [-0.2, -0.15) is 0 Å². The first-order valence-corrected chi connectivity index (χ1v) is 3.48. The quantitative estimate of drug-likeness (QED) is 0.585. The molecule has 2 nitrogen and oxygen atoms in total. The van der Waals surface area contributed by atoms with E-state index in [0.29, 0.717) is 0 Å². The van der Waals surface area contributed by atoms with Crippen LogP contribution in [0.15, 0.2) is 0 Å². The summed E-state index contributed by atoms with van der Waals surface area (Å²) in [5.41, 5.74) is 0. The predicted molar refractivity (Wildman–Crippen MR) is 34.6 cm³/mol. The third-order valence-corrected chi connectivity index (χ3v) is 1.86. The topological polar surface area (TPSA) is 26.3 Å². The van der Waals surface area contributed by atoms with Crippen LogP contribution in [0.25, 0.3) is 0 Å². The fourth-order valence-electron chi connectivity index (χ4n) is 1.17. The molecule has 0 bridgehead atoms. The van der Waals surface area contributed by atoms with Crippen molar-refractivity contribution in [3.63, 3.8) is 0 Å². The monoisotopic (exact) mass is 164 g/mol. The maximum absolute atomic E-state index is 12.6. The van der Waals surface area contributed by atoms with E-state index in [4.69, 9.17) is 0 Å². The summed E-state index contributed by atoms with van der Waals surface area (Å²) in [4.78, 5) is 10.9. The molecule has 0 saturated heterocycles. The van der Waals surface area contributed by atoms with Gasteiger partial charge >= 0.3 is 0 Å². The van der Waals surface area contributed by atoms with E-state index >= 15 is 0 Å². The van der Waals surface area contributed by atoms with Gasteiger partial charge in [-0.25, -0.2) is 8.78 Å². The molecule has 0 amide bonds. The maximum Gasteiger partial charge on any atom is 0.251 e. The highest BCUT2D eigenvalue weighted by molar-refractivity contribution is 5.84. The molecule has 0 aromatic carbocycles. The van der Waals surface area contributed by atoms with Crippen molar-refractivity contribution >= 4 is 5.78 Å². The summed E-state index contributed by atoms with van der Waals surface area (Å²) in [6.07, 6.45) is -1.74. The Morgan fingerprint density at radius 1 is 1.64 bits per heavy atom. The first-order chi connectivity index (χ1) is 5.05. The van der Waals surface area contributed by atoms with Gasteiger partial charge < -0.3 is 4.74 Å². The van der Waals surface area contributed by atoms with Crippen LogP contribution in [0, 0.1) is 0 Å². The van der Waals surface area contributed by atoms with Gasteiger partial charge in [0.15, 0.2) is 5.78 Å². The van der Waals surface area contributed by atoms with E-state index in [2.05, 4.69) is 4.74 Å². The normalized spacial score (nSPS) is 30.5. The number of ether oxygens (including phenoxy) is 1. The largest absolute Gasteiger partial charge is 0.373 e. The third-order valence-electron chi connectivity index (χ3n) is 1.86. The van der Waals surface area contributed by atoms with Crippen molar-refractivity contribution < 1.29 is 18.3 Å². The molecule has 0 aromatic heterocycles.